The van der Waals surface area contributed by atoms with Crippen molar-refractivity contribution in [2.75, 3.05) is 39.0 Å². The van der Waals surface area contributed by atoms with Gasteiger partial charge in [-0.25, -0.2) is 9.97 Å². The third-order valence-corrected chi connectivity index (χ3v) is 6.42. The first-order chi connectivity index (χ1) is 19.0. The number of aromatic nitrogens is 4. The lowest BCUT2D eigenvalue weighted by Gasteiger charge is -2.15. The van der Waals surface area contributed by atoms with Crippen molar-refractivity contribution in [3.8, 4) is 23.1 Å². The lowest BCUT2D eigenvalue weighted by atomic mass is 10.2. The largest absolute Gasteiger partial charge is 0.457 e. The molecule has 0 unspecified atom stereocenters. The van der Waals surface area contributed by atoms with Gasteiger partial charge in [0, 0.05) is 19.1 Å². The molecule has 10 nitrogen and oxygen atoms in total. The van der Waals surface area contributed by atoms with Gasteiger partial charge in [0.1, 0.15) is 29.0 Å². The summed E-state index contributed by atoms with van der Waals surface area (Å²) in [7, 11) is 4.10. The molecule has 39 heavy (non-hydrogen) atoms. The van der Waals surface area contributed by atoms with Crippen LogP contribution in [0.3, 0.4) is 0 Å². The predicted molar refractivity (Wildman–Crippen MR) is 150 cm³/mol. The Bertz CT molecular complexity index is 1400. The fraction of sp³-hybridized carbons (Fsp3) is 0.310. The Kier molecular flexibility index (Phi) is 8.33. The van der Waals surface area contributed by atoms with Crippen LogP contribution in [-0.4, -0.2) is 75.6 Å². The predicted octanol–water partition coefficient (Wildman–Crippen LogP) is 4.85. The van der Waals surface area contributed by atoms with Gasteiger partial charge in [-0.05, 0) is 82.4 Å². The summed E-state index contributed by atoms with van der Waals surface area (Å²) in [6, 6.07) is 17.0. The van der Waals surface area contributed by atoms with Gasteiger partial charge in [-0.1, -0.05) is 24.3 Å². The van der Waals surface area contributed by atoms with Crippen molar-refractivity contribution in [2.45, 2.75) is 25.3 Å². The number of allylic oxidation sites excluding steroid dienone is 1. The molecular weight excluding hydrogens is 494 g/mol. The van der Waals surface area contributed by atoms with Crippen molar-refractivity contribution in [3.05, 3.63) is 73.1 Å². The molecule has 0 aliphatic carbocycles. The number of unbranched alkanes of at least 4 members (excludes halogenated alkanes) is 1. The number of likely N-dealkylation sites (tertiary alicyclic amines) is 1. The van der Waals surface area contributed by atoms with Gasteiger partial charge in [-0.3, -0.25) is 9.89 Å². The summed E-state index contributed by atoms with van der Waals surface area (Å²) in [5, 5.41) is 11.5. The summed E-state index contributed by atoms with van der Waals surface area (Å²) < 4.78 is 12.0. The van der Waals surface area contributed by atoms with Crippen molar-refractivity contribution in [1.29, 1.82) is 0 Å². The maximum atomic E-state index is 12.6. The van der Waals surface area contributed by atoms with E-state index in [0.29, 0.717) is 47.3 Å². The third-order valence-electron chi connectivity index (χ3n) is 6.42. The molecule has 5 rings (SSSR count). The molecule has 0 bridgehead atoms. The summed E-state index contributed by atoms with van der Waals surface area (Å²) in [5.74, 6) is 3.11. The molecular formula is C29H33N7O3. The molecule has 1 atom stereocenters. The lowest BCUT2D eigenvalue weighted by molar-refractivity contribution is -0.125. The Hall–Kier alpha value is -4.44. The van der Waals surface area contributed by atoms with Crippen LogP contribution < -0.4 is 14.8 Å². The van der Waals surface area contributed by atoms with Crippen molar-refractivity contribution in [2.24, 2.45) is 0 Å². The molecule has 3 heterocycles. The number of nitrogens with one attached hydrogen (secondary N) is 2. The number of para-hydroxylation sites is 1. The summed E-state index contributed by atoms with van der Waals surface area (Å²) >= 11 is 0. The molecule has 10 heteroatoms. The highest BCUT2D eigenvalue weighted by Crippen LogP contribution is 2.33. The zero-order chi connectivity index (χ0) is 27.0. The van der Waals surface area contributed by atoms with Crippen LogP contribution >= 0.6 is 0 Å². The molecule has 2 N–H and O–H groups in total. The van der Waals surface area contributed by atoms with Crippen LogP contribution in [0.2, 0.25) is 0 Å². The number of H-pyrrole nitrogens is 1. The van der Waals surface area contributed by atoms with E-state index in [9.17, 15) is 4.79 Å². The molecule has 1 saturated heterocycles. The maximum absolute atomic E-state index is 12.6. The van der Waals surface area contributed by atoms with E-state index in [1.807, 2.05) is 65.6 Å². The van der Waals surface area contributed by atoms with Crippen LogP contribution in [0.15, 0.2) is 73.1 Å². The van der Waals surface area contributed by atoms with Crippen LogP contribution in [0, 0.1) is 0 Å². The SMILES string of the molecule is CN(C)CCC/C=C/C(=O)N1CC[C@@H](Nc2n[nH]c3ncnc(Oc4ccc(Oc5ccccc5)cc4)c23)C1. The molecule has 1 aliphatic heterocycles. The number of amides is 1. The van der Waals surface area contributed by atoms with E-state index in [1.165, 1.54) is 6.33 Å². The maximum Gasteiger partial charge on any atom is 0.246 e. The molecule has 202 valence electrons. The van der Waals surface area contributed by atoms with Crippen molar-refractivity contribution < 1.29 is 14.3 Å². The highest BCUT2D eigenvalue weighted by molar-refractivity contribution is 5.92. The Morgan fingerprint density at radius 3 is 2.59 bits per heavy atom. The van der Waals surface area contributed by atoms with Crippen LogP contribution in [0.1, 0.15) is 19.3 Å². The number of carbonyl (C=O) groups excluding carboxylic acids is 1. The average molecular weight is 528 g/mol. The monoisotopic (exact) mass is 527 g/mol. The molecule has 0 saturated carbocycles. The van der Waals surface area contributed by atoms with Crippen molar-refractivity contribution in [1.82, 2.24) is 30.0 Å². The lowest BCUT2D eigenvalue weighted by Crippen LogP contribution is -2.30. The second-order valence-corrected chi connectivity index (χ2v) is 9.73. The van der Waals surface area contributed by atoms with Gasteiger partial charge >= 0.3 is 0 Å². The summed E-state index contributed by atoms with van der Waals surface area (Å²) in [6.45, 7) is 2.30. The number of ether oxygens (including phenoxy) is 2. The van der Waals surface area contributed by atoms with Crippen LogP contribution in [0.5, 0.6) is 23.1 Å². The number of hydrogen-bond donors (Lipinski definition) is 2. The Balaban J connectivity index is 1.21. The van der Waals surface area contributed by atoms with E-state index in [4.69, 9.17) is 9.47 Å². The Morgan fingerprint density at radius 2 is 1.82 bits per heavy atom. The fourth-order valence-corrected chi connectivity index (χ4v) is 4.41. The summed E-state index contributed by atoms with van der Waals surface area (Å²) in [4.78, 5) is 25.3. The molecule has 1 aliphatic rings. The van der Waals surface area contributed by atoms with Crippen LogP contribution in [0.25, 0.3) is 11.0 Å². The third kappa shape index (κ3) is 6.91. The van der Waals surface area contributed by atoms with Crippen LogP contribution in [0.4, 0.5) is 5.82 Å². The van der Waals surface area contributed by atoms with Gasteiger partial charge in [-0.15, -0.1) is 0 Å². The van der Waals surface area contributed by atoms with Gasteiger partial charge in [0.05, 0.1) is 0 Å². The molecule has 2 aromatic heterocycles. The van der Waals surface area contributed by atoms with Gasteiger partial charge in [0.15, 0.2) is 11.5 Å². The minimum Gasteiger partial charge on any atom is -0.457 e. The minimum absolute atomic E-state index is 0.0445. The molecule has 0 spiro atoms. The highest BCUT2D eigenvalue weighted by atomic mass is 16.5. The number of aromatic amines is 1. The number of benzene rings is 2. The number of hydrogen-bond acceptors (Lipinski definition) is 8. The molecule has 1 amide bonds. The normalized spacial score (nSPS) is 15.4. The minimum atomic E-state index is 0.0445. The highest BCUT2D eigenvalue weighted by Gasteiger charge is 2.27. The van der Waals surface area contributed by atoms with E-state index in [2.05, 4.69) is 44.5 Å². The number of rotatable bonds is 11. The van der Waals surface area contributed by atoms with Gasteiger partial charge < -0.3 is 24.6 Å². The molecule has 4 aromatic rings. The summed E-state index contributed by atoms with van der Waals surface area (Å²) in [6.07, 6.45) is 7.84. The first-order valence-corrected chi connectivity index (χ1v) is 13.1. The van der Waals surface area contributed by atoms with E-state index >= 15 is 0 Å². The topological polar surface area (TPSA) is 109 Å². The number of fused-ring (bicyclic) bond motifs is 1. The van der Waals surface area contributed by atoms with Crippen molar-refractivity contribution >= 4 is 22.8 Å². The van der Waals surface area contributed by atoms with Gasteiger partial charge in [0.2, 0.25) is 11.8 Å². The van der Waals surface area contributed by atoms with Gasteiger partial charge in [0.25, 0.3) is 0 Å². The quantitative estimate of drug-likeness (QED) is 0.211. The number of nitrogens with zero attached hydrogens (tertiary/aromatic N) is 5. The Labute approximate surface area is 227 Å². The van der Waals surface area contributed by atoms with E-state index in [1.54, 1.807) is 6.08 Å². The molecule has 2 aromatic carbocycles. The smallest absolute Gasteiger partial charge is 0.246 e. The second kappa shape index (κ2) is 12.4. The number of carbonyl (C=O) groups is 1. The van der Waals surface area contributed by atoms with E-state index in [0.717, 1.165) is 31.6 Å². The Morgan fingerprint density at radius 1 is 1.08 bits per heavy atom. The zero-order valence-electron chi connectivity index (χ0n) is 22.2. The second-order valence-electron chi connectivity index (χ2n) is 9.73. The zero-order valence-corrected chi connectivity index (χ0v) is 22.2. The number of anilines is 1. The fourth-order valence-electron chi connectivity index (χ4n) is 4.41. The molecule has 1 fully saturated rings. The summed E-state index contributed by atoms with van der Waals surface area (Å²) in [5.41, 5.74) is 0.568. The van der Waals surface area contributed by atoms with Gasteiger partial charge in [-0.2, -0.15) is 5.10 Å². The van der Waals surface area contributed by atoms with Crippen LogP contribution in [-0.2, 0) is 4.79 Å². The standard InChI is InChI=1S/C29H33N7O3/c1-35(2)17-8-4-7-11-25(37)36-18-16-21(19-36)32-28-26-27(33-34-28)30-20-31-29(26)39-24-14-12-23(13-15-24)38-22-9-5-3-6-10-22/h3,5-7,9-15,20-21H,4,8,16-19H2,1-2H3,(H2,30,31,32,33,34)/b11-7+/t21-/m1/s1. The van der Waals surface area contributed by atoms with Crippen molar-refractivity contribution in [3.63, 3.8) is 0 Å². The van der Waals surface area contributed by atoms with E-state index in [-0.39, 0.29) is 11.9 Å². The first kappa shape index (κ1) is 26.2. The van der Waals surface area contributed by atoms with E-state index < -0.39 is 0 Å². The average Bonchev–Trinajstić information content (AvgIpc) is 3.58. The molecule has 0 radical (unpaired) electrons. The first-order valence-electron chi connectivity index (χ1n) is 13.1.